The van der Waals surface area contributed by atoms with E-state index in [-0.39, 0.29) is 6.17 Å². The van der Waals surface area contributed by atoms with Crippen molar-refractivity contribution in [2.75, 3.05) is 0 Å². The zero-order chi connectivity index (χ0) is 15.0. The topological polar surface area (TPSA) is 59.4 Å². The van der Waals surface area contributed by atoms with Crippen molar-refractivity contribution in [3.05, 3.63) is 58.5 Å². The quantitative estimate of drug-likeness (QED) is 0.868. The third-order valence-electron chi connectivity index (χ3n) is 3.41. The maximum Gasteiger partial charge on any atom is 0.172 e. The molecule has 2 heterocycles. The second-order valence-electron chi connectivity index (χ2n) is 5.01. The van der Waals surface area contributed by atoms with Gasteiger partial charge < -0.3 is 0 Å². The maximum atomic E-state index is 6.28. The molecule has 1 unspecified atom stereocenters. The zero-order valence-electron chi connectivity index (χ0n) is 11.9. The Labute approximate surface area is 128 Å². The van der Waals surface area contributed by atoms with Crippen LogP contribution in [0, 0.1) is 13.8 Å². The fraction of sp³-hybridized carbons (Fsp3) is 0.200. The largest absolute Gasteiger partial charge is 0.279 e. The van der Waals surface area contributed by atoms with E-state index in [0.29, 0.717) is 5.02 Å². The van der Waals surface area contributed by atoms with Gasteiger partial charge in [-0.05, 0) is 32.0 Å². The number of hydrogen-bond donors (Lipinski definition) is 1. The van der Waals surface area contributed by atoms with Gasteiger partial charge in [0.15, 0.2) is 6.17 Å². The summed E-state index contributed by atoms with van der Waals surface area (Å²) in [7, 11) is 0. The lowest BCUT2D eigenvalue weighted by Crippen LogP contribution is -2.40. The van der Waals surface area contributed by atoms with Gasteiger partial charge in [-0.2, -0.15) is 5.10 Å². The highest BCUT2D eigenvalue weighted by Crippen LogP contribution is 2.27. The van der Waals surface area contributed by atoms with Crippen LogP contribution in [0.2, 0.25) is 5.02 Å². The van der Waals surface area contributed by atoms with E-state index in [0.717, 1.165) is 22.6 Å². The van der Waals surface area contributed by atoms with Crippen LogP contribution in [0.25, 0.3) is 5.70 Å². The number of nitrogens with zero attached hydrogens (tertiary/aromatic N) is 4. The summed E-state index contributed by atoms with van der Waals surface area (Å²) >= 11 is 5.93. The molecular weight excluding hydrogens is 286 g/mol. The van der Waals surface area contributed by atoms with Gasteiger partial charge in [-0.15, -0.1) is 0 Å². The number of nitrogens with two attached hydrogens (primary N) is 1. The molecule has 1 aliphatic heterocycles. The summed E-state index contributed by atoms with van der Waals surface area (Å²) in [4.78, 5) is 4.31. The monoisotopic (exact) mass is 301 g/mol. The van der Waals surface area contributed by atoms with Crippen LogP contribution in [-0.2, 0) is 0 Å². The first-order chi connectivity index (χ1) is 10.1. The molecule has 2 aromatic rings. The van der Waals surface area contributed by atoms with E-state index >= 15 is 0 Å². The van der Waals surface area contributed by atoms with E-state index < -0.39 is 0 Å². The molecule has 5 nitrogen and oxygen atoms in total. The molecule has 3 rings (SSSR count). The second kappa shape index (κ2) is 5.35. The van der Waals surface area contributed by atoms with Gasteiger partial charge in [0.1, 0.15) is 0 Å². The van der Waals surface area contributed by atoms with Crippen molar-refractivity contribution < 1.29 is 0 Å². The molecule has 0 radical (unpaired) electrons. The third-order valence-corrected chi connectivity index (χ3v) is 3.67. The van der Waals surface area contributed by atoms with Crippen molar-refractivity contribution in [2.45, 2.75) is 20.0 Å². The second-order valence-corrected chi connectivity index (χ2v) is 5.45. The lowest BCUT2D eigenvalue weighted by Gasteiger charge is -2.31. The van der Waals surface area contributed by atoms with Crippen molar-refractivity contribution >= 4 is 23.5 Å². The molecule has 0 bridgehead atoms. The summed E-state index contributed by atoms with van der Waals surface area (Å²) < 4.78 is 1.86. The Hall–Kier alpha value is -2.11. The summed E-state index contributed by atoms with van der Waals surface area (Å²) in [6, 6.07) is 9.53. The van der Waals surface area contributed by atoms with Gasteiger partial charge in [-0.3, -0.25) is 10.0 Å². The number of aryl methyl sites for hydroxylation is 2. The molecule has 0 saturated heterocycles. The molecule has 2 N–H and O–H groups in total. The van der Waals surface area contributed by atoms with Crippen molar-refractivity contribution in [1.29, 1.82) is 0 Å². The van der Waals surface area contributed by atoms with E-state index in [2.05, 4.69) is 10.1 Å². The van der Waals surface area contributed by atoms with Crippen LogP contribution < -0.4 is 5.84 Å². The fourth-order valence-electron chi connectivity index (χ4n) is 2.41. The minimum absolute atomic E-state index is 0.241. The van der Waals surface area contributed by atoms with Crippen molar-refractivity contribution in [3.8, 4) is 0 Å². The third kappa shape index (κ3) is 2.57. The van der Waals surface area contributed by atoms with Crippen LogP contribution in [-0.4, -0.2) is 21.0 Å². The molecule has 0 amide bonds. The van der Waals surface area contributed by atoms with E-state index in [1.165, 1.54) is 0 Å². The fourth-order valence-corrected chi connectivity index (χ4v) is 2.54. The van der Waals surface area contributed by atoms with Gasteiger partial charge in [0.25, 0.3) is 0 Å². The molecule has 6 heteroatoms. The summed E-state index contributed by atoms with van der Waals surface area (Å²) in [5.41, 5.74) is 3.78. The minimum Gasteiger partial charge on any atom is -0.279 e. The Morgan fingerprint density at radius 2 is 1.90 bits per heavy atom. The van der Waals surface area contributed by atoms with Crippen LogP contribution in [0.5, 0.6) is 0 Å². The Morgan fingerprint density at radius 3 is 2.52 bits per heavy atom. The SMILES string of the molecule is Cc1cc(C)n(C2C=NC=C(c3ccc(Cl)cc3)N2N)n1. The molecule has 21 heavy (non-hydrogen) atoms. The smallest absolute Gasteiger partial charge is 0.172 e. The molecule has 0 spiro atoms. The summed E-state index contributed by atoms with van der Waals surface area (Å²) in [5, 5.41) is 6.84. The lowest BCUT2D eigenvalue weighted by atomic mass is 10.1. The van der Waals surface area contributed by atoms with Crippen LogP contribution >= 0.6 is 11.6 Å². The Balaban J connectivity index is 1.95. The number of hydrogen-bond acceptors (Lipinski definition) is 4. The Morgan fingerprint density at radius 1 is 1.19 bits per heavy atom. The predicted octanol–water partition coefficient (Wildman–Crippen LogP) is 2.91. The van der Waals surface area contributed by atoms with Crippen LogP contribution in [0.3, 0.4) is 0 Å². The number of benzene rings is 1. The summed E-state index contributed by atoms with van der Waals surface area (Å²) in [5.74, 6) is 6.28. The van der Waals surface area contributed by atoms with Crippen LogP contribution in [0.15, 0.2) is 41.5 Å². The molecule has 0 aliphatic carbocycles. The lowest BCUT2D eigenvalue weighted by molar-refractivity contribution is 0.276. The van der Waals surface area contributed by atoms with Gasteiger partial charge in [0.05, 0.1) is 23.8 Å². The number of aliphatic imine (C=N–C) groups is 1. The number of aromatic nitrogens is 2. The molecule has 0 fully saturated rings. The van der Waals surface area contributed by atoms with Gasteiger partial charge in [-0.25, -0.2) is 10.5 Å². The standard InChI is InChI=1S/C15H16ClN5/c1-10-7-11(2)21(19-10)15-9-18-8-14(20(15)17)12-3-5-13(16)6-4-12/h3-9,15H,17H2,1-2H3. The average molecular weight is 302 g/mol. The maximum absolute atomic E-state index is 6.28. The first kappa shape index (κ1) is 13.9. The predicted molar refractivity (Wildman–Crippen MR) is 84.7 cm³/mol. The Kier molecular flexibility index (Phi) is 3.53. The van der Waals surface area contributed by atoms with E-state index in [1.54, 1.807) is 17.4 Å². The normalized spacial score (nSPS) is 18.0. The van der Waals surface area contributed by atoms with Gasteiger partial charge >= 0.3 is 0 Å². The number of halogens is 1. The average Bonchev–Trinajstić information content (AvgIpc) is 2.79. The summed E-state index contributed by atoms with van der Waals surface area (Å²) in [6.07, 6.45) is 3.28. The highest BCUT2D eigenvalue weighted by molar-refractivity contribution is 6.30. The van der Waals surface area contributed by atoms with Gasteiger partial charge in [-0.1, -0.05) is 23.7 Å². The van der Waals surface area contributed by atoms with Crippen molar-refractivity contribution in [2.24, 2.45) is 10.8 Å². The van der Waals surface area contributed by atoms with E-state index in [1.807, 2.05) is 48.9 Å². The first-order valence-electron chi connectivity index (χ1n) is 6.62. The number of rotatable bonds is 2. The molecule has 0 saturated carbocycles. The molecule has 1 aromatic heterocycles. The van der Waals surface area contributed by atoms with Crippen LogP contribution in [0.4, 0.5) is 0 Å². The van der Waals surface area contributed by atoms with E-state index in [4.69, 9.17) is 17.4 Å². The molecule has 1 aromatic carbocycles. The van der Waals surface area contributed by atoms with Crippen molar-refractivity contribution in [3.63, 3.8) is 0 Å². The van der Waals surface area contributed by atoms with Crippen molar-refractivity contribution in [1.82, 2.24) is 14.8 Å². The van der Waals surface area contributed by atoms with Gasteiger partial charge in [0.2, 0.25) is 0 Å². The minimum atomic E-state index is -0.241. The zero-order valence-corrected chi connectivity index (χ0v) is 12.6. The Bertz CT molecular complexity index is 714. The van der Waals surface area contributed by atoms with Gasteiger partial charge in [0, 0.05) is 16.3 Å². The first-order valence-corrected chi connectivity index (χ1v) is 7.00. The highest BCUT2D eigenvalue weighted by Gasteiger charge is 2.23. The summed E-state index contributed by atoms with van der Waals surface area (Å²) in [6.45, 7) is 3.96. The van der Waals surface area contributed by atoms with Crippen LogP contribution in [0.1, 0.15) is 23.1 Å². The highest BCUT2D eigenvalue weighted by atomic mass is 35.5. The molecular formula is C15H16ClN5. The number of hydrazine groups is 1. The molecule has 108 valence electrons. The molecule has 1 atom stereocenters. The van der Waals surface area contributed by atoms with E-state index in [9.17, 15) is 0 Å². The molecule has 1 aliphatic rings.